The van der Waals surface area contributed by atoms with Gasteiger partial charge in [-0.2, -0.15) is 18.3 Å². The van der Waals surface area contributed by atoms with E-state index in [1.807, 2.05) is 26.0 Å². The molecule has 37 heavy (non-hydrogen) atoms. The molecule has 0 saturated carbocycles. The normalized spacial score (nSPS) is 13.6. The number of rotatable bonds is 5. The molecule has 2 N–H and O–H groups in total. The topological polar surface area (TPSA) is 107 Å². The van der Waals surface area contributed by atoms with Crippen LogP contribution in [0.15, 0.2) is 16.7 Å². The van der Waals surface area contributed by atoms with Crippen LogP contribution >= 0.6 is 0 Å². The lowest BCUT2D eigenvalue weighted by Gasteiger charge is -2.14. The molecule has 0 fully saturated rings. The highest BCUT2D eigenvalue weighted by Crippen LogP contribution is 2.41. The molecule has 0 unspecified atom stereocenters. The van der Waals surface area contributed by atoms with E-state index in [0.29, 0.717) is 58.5 Å². The summed E-state index contributed by atoms with van der Waals surface area (Å²) in [5.41, 5.74) is 5.19. The number of aryl methyl sites for hydroxylation is 4. The van der Waals surface area contributed by atoms with E-state index in [1.54, 1.807) is 14.0 Å². The first-order chi connectivity index (χ1) is 17.6. The summed E-state index contributed by atoms with van der Waals surface area (Å²) in [6, 6.07) is 3.81. The second-order valence-corrected chi connectivity index (χ2v) is 9.29. The third-order valence-electron chi connectivity index (χ3n) is 6.73. The molecule has 12 heteroatoms. The van der Waals surface area contributed by atoms with Crippen molar-refractivity contribution in [1.29, 1.82) is 0 Å². The molecular formula is C25H24F3N7O2. The smallest absolute Gasteiger partial charge is 0.408 e. The first-order valence-corrected chi connectivity index (χ1v) is 11.9. The van der Waals surface area contributed by atoms with E-state index in [9.17, 15) is 13.2 Å². The van der Waals surface area contributed by atoms with Crippen LogP contribution in [-0.4, -0.2) is 43.2 Å². The fourth-order valence-corrected chi connectivity index (χ4v) is 5.24. The number of hydrogen-bond acceptors (Lipinski definition) is 7. The molecule has 0 aliphatic heterocycles. The van der Waals surface area contributed by atoms with Crippen molar-refractivity contribution in [1.82, 2.24) is 29.9 Å². The number of nitrogens with zero attached hydrogens (tertiary/aromatic N) is 5. The maximum Gasteiger partial charge on any atom is 0.408 e. The summed E-state index contributed by atoms with van der Waals surface area (Å²) >= 11 is 0. The molecule has 0 spiro atoms. The Morgan fingerprint density at radius 2 is 1.97 bits per heavy atom. The van der Waals surface area contributed by atoms with Gasteiger partial charge in [0.05, 0.1) is 29.4 Å². The third-order valence-corrected chi connectivity index (χ3v) is 6.73. The molecule has 9 nitrogen and oxygen atoms in total. The van der Waals surface area contributed by atoms with Crippen molar-refractivity contribution >= 4 is 33.6 Å². The Morgan fingerprint density at radius 1 is 1.16 bits per heavy atom. The number of aromatic amines is 1. The van der Waals surface area contributed by atoms with Gasteiger partial charge in [-0.25, -0.2) is 14.6 Å². The SMILES string of the molecule is COc1cc2c(cc1-c1c(C)noc1C)[nH]c1nc(C)nc(Nc3c4c(nn3CC(F)(F)F)CCC4)c12. The zero-order valence-corrected chi connectivity index (χ0v) is 20.7. The number of aromatic nitrogens is 6. The standard InChI is InChI=1S/C25H24F3N7O2/c1-11-20(12(2)37-34-11)16-8-18-15(9-19(16)36-4)21-22(31-18)29-13(3)30-23(21)32-24-14-6-5-7-17(14)33-35(24)10-25(26,27)28/h8-9H,5-7,10H2,1-4H3,(H2,29,30,31,32). The summed E-state index contributed by atoms with van der Waals surface area (Å²) in [5.74, 6) is 2.45. The van der Waals surface area contributed by atoms with E-state index in [0.717, 1.165) is 44.4 Å². The number of methoxy groups -OCH3 is 1. The van der Waals surface area contributed by atoms with Crippen LogP contribution in [0.4, 0.5) is 24.8 Å². The van der Waals surface area contributed by atoms with E-state index in [-0.39, 0.29) is 0 Å². The van der Waals surface area contributed by atoms with Crippen LogP contribution in [0.1, 0.15) is 35.0 Å². The minimum Gasteiger partial charge on any atom is -0.496 e. The van der Waals surface area contributed by atoms with Crippen LogP contribution in [0.25, 0.3) is 33.1 Å². The quantitative estimate of drug-likeness (QED) is 0.312. The molecular weight excluding hydrogens is 487 g/mol. The maximum absolute atomic E-state index is 13.3. The number of ether oxygens (including phenoxy) is 1. The molecule has 0 amide bonds. The minimum absolute atomic E-state index is 0.317. The van der Waals surface area contributed by atoms with Gasteiger partial charge < -0.3 is 19.6 Å². The van der Waals surface area contributed by atoms with Gasteiger partial charge in [0.25, 0.3) is 0 Å². The van der Waals surface area contributed by atoms with E-state index < -0.39 is 12.7 Å². The molecule has 0 bridgehead atoms. The summed E-state index contributed by atoms with van der Waals surface area (Å²) < 4.78 is 52.1. The fourth-order valence-electron chi connectivity index (χ4n) is 5.24. The van der Waals surface area contributed by atoms with E-state index in [2.05, 4.69) is 30.5 Å². The molecule has 0 atom stereocenters. The van der Waals surface area contributed by atoms with Crippen molar-refractivity contribution in [2.75, 3.05) is 12.4 Å². The van der Waals surface area contributed by atoms with Gasteiger partial charge in [0.1, 0.15) is 41.2 Å². The van der Waals surface area contributed by atoms with Gasteiger partial charge in [-0.1, -0.05) is 5.16 Å². The van der Waals surface area contributed by atoms with E-state index >= 15 is 0 Å². The number of halogens is 3. The van der Waals surface area contributed by atoms with Gasteiger partial charge in [-0.05, 0) is 52.2 Å². The largest absolute Gasteiger partial charge is 0.496 e. The van der Waals surface area contributed by atoms with Crippen LogP contribution in [0.5, 0.6) is 5.75 Å². The number of H-pyrrole nitrogens is 1. The van der Waals surface area contributed by atoms with Crippen molar-refractivity contribution in [3.05, 3.63) is 40.7 Å². The monoisotopic (exact) mass is 511 g/mol. The van der Waals surface area contributed by atoms with Crippen LogP contribution < -0.4 is 10.1 Å². The van der Waals surface area contributed by atoms with Crippen molar-refractivity contribution < 1.29 is 22.4 Å². The van der Waals surface area contributed by atoms with Crippen LogP contribution in [0.2, 0.25) is 0 Å². The summed E-state index contributed by atoms with van der Waals surface area (Å²) in [6.07, 6.45) is -2.24. The zero-order valence-electron chi connectivity index (χ0n) is 20.7. The molecule has 4 aromatic heterocycles. The average molecular weight is 512 g/mol. The zero-order chi connectivity index (χ0) is 26.1. The highest BCUT2D eigenvalue weighted by Gasteiger charge is 2.33. The van der Waals surface area contributed by atoms with Crippen molar-refractivity contribution in [3.8, 4) is 16.9 Å². The number of benzene rings is 1. The molecule has 1 aliphatic rings. The van der Waals surface area contributed by atoms with Gasteiger partial charge in [-0.15, -0.1) is 0 Å². The van der Waals surface area contributed by atoms with Crippen molar-refractivity contribution in [2.45, 2.75) is 52.8 Å². The summed E-state index contributed by atoms with van der Waals surface area (Å²) in [5, 5.41) is 12.9. The minimum atomic E-state index is -4.41. The average Bonchev–Trinajstić information content (AvgIpc) is 3.56. The molecule has 6 rings (SSSR count). The van der Waals surface area contributed by atoms with Gasteiger partial charge in [0.15, 0.2) is 0 Å². The Morgan fingerprint density at radius 3 is 2.68 bits per heavy atom. The number of alkyl halides is 3. The number of fused-ring (bicyclic) bond motifs is 4. The number of nitrogens with one attached hydrogen (secondary N) is 2. The lowest BCUT2D eigenvalue weighted by molar-refractivity contribution is -0.142. The molecule has 1 aromatic carbocycles. The first kappa shape index (κ1) is 23.3. The summed E-state index contributed by atoms with van der Waals surface area (Å²) in [6.45, 7) is 4.26. The molecule has 1 aliphatic carbocycles. The molecule has 5 aromatic rings. The van der Waals surface area contributed by atoms with Crippen LogP contribution in [-0.2, 0) is 19.4 Å². The highest BCUT2D eigenvalue weighted by molar-refractivity contribution is 6.13. The summed E-state index contributed by atoms with van der Waals surface area (Å²) in [7, 11) is 1.58. The number of anilines is 2. The second-order valence-electron chi connectivity index (χ2n) is 9.29. The van der Waals surface area contributed by atoms with Gasteiger partial charge >= 0.3 is 6.18 Å². The van der Waals surface area contributed by atoms with Crippen LogP contribution in [0, 0.1) is 20.8 Å². The Balaban J connectivity index is 1.55. The maximum atomic E-state index is 13.3. The highest BCUT2D eigenvalue weighted by atomic mass is 19.4. The first-order valence-electron chi connectivity index (χ1n) is 11.9. The summed E-state index contributed by atoms with van der Waals surface area (Å²) in [4.78, 5) is 12.5. The predicted molar refractivity (Wildman–Crippen MR) is 131 cm³/mol. The molecule has 0 saturated heterocycles. The number of hydrogen-bond donors (Lipinski definition) is 2. The molecule has 0 radical (unpaired) electrons. The van der Waals surface area contributed by atoms with E-state index in [1.165, 1.54) is 0 Å². The Kier molecular flexibility index (Phi) is 5.18. The lowest BCUT2D eigenvalue weighted by atomic mass is 10.0. The molecule has 4 heterocycles. The van der Waals surface area contributed by atoms with Crippen LogP contribution in [0.3, 0.4) is 0 Å². The van der Waals surface area contributed by atoms with Crippen molar-refractivity contribution in [3.63, 3.8) is 0 Å². The van der Waals surface area contributed by atoms with Crippen molar-refractivity contribution in [2.24, 2.45) is 0 Å². The Bertz CT molecular complexity index is 1660. The fraction of sp³-hybridized carbons (Fsp3) is 0.360. The third kappa shape index (κ3) is 3.87. The van der Waals surface area contributed by atoms with Gasteiger partial charge in [-0.3, -0.25) is 0 Å². The Labute approximate surface area is 209 Å². The van der Waals surface area contributed by atoms with Gasteiger partial charge in [0.2, 0.25) is 0 Å². The van der Waals surface area contributed by atoms with Gasteiger partial charge in [0, 0.05) is 22.0 Å². The predicted octanol–water partition coefficient (Wildman–Crippen LogP) is 5.69. The molecule has 192 valence electrons. The lowest BCUT2D eigenvalue weighted by Crippen LogP contribution is -2.20. The second kappa shape index (κ2) is 8.22. The Hall–Kier alpha value is -4.09. The van der Waals surface area contributed by atoms with E-state index in [4.69, 9.17) is 9.26 Å².